The quantitative estimate of drug-likeness (QED) is 0.741. The number of amides is 1. The lowest BCUT2D eigenvalue weighted by molar-refractivity contribution is 0.0963. The van der Waals surface area contributed by atoms with Crippen LogP contribution in [0.5, 0.6) is 0 Å². The standard InChI is InChI=1S/C15H23N3O3S/c1-15(7-4-8-15)10-18-13-6-5-11(22(20,21)17-3)9-12(13)14(19)16-2/h5-6,9,17-18H,4,7-8,10H2,1-3H3,(H,16,19). The molecule has 1 fully saturated rings. The number of nitrogens with one attached hydrogen (secondary N) is 3. The zero-order valence-corrected chi connectivity index (χ0v) is 14.0. The monoisotopic (exact) mass is 325 g/mol. The van der Waals surface area contributed by atoms with Gasteiger partial charge in [-0.15, -0.1) is 0 Å². The van der Waals surface area contributed by atoms with Gasteiger partial charge in [0.05, 0.1) is 10.5 Å². The Hall–Kier alpha value is -1.60. The van der Waals surface area contributed by atoms with Crippen LogP contribution in [0.1, 0.15) is 36.5 Å². The third kappa shape index (κ3) is 3.41. The van der Waals surface area contributed by atoms with E-state index in [9.17, 15) is 13.2 Å². The van der Waals surface area contributed by atoms with Crippen LogP contribution in [0.4, 0.5) is 5.69 Å². The van der Waals surface area contributed by atoms with Gasteiger partial charge >= 0.3 is 0 Å². The summed E-state index contributed by atoms with van der Waals surface area (Å²) in [5, 5.41) is 5.84. The third-order valence-electron chi connectivity index (χ3n) is 4.31. The van der Waals surface area contributed by atoms with Crippen molar-refractivity contribution in [3.05, 3.63) is 23.8 Å². The van der Waals surface area contributed by atoms with Gasteiger partial charge in [-0.3, -0.25) is 4.79 Å². The van der Waals surface area contributed by atoms with Gasteiger partial charge in [0.2, 0.25) is 10.0 Å². The summed E-state index contributed by atoms with van der Waals surface area (Å²) < 4.78 is 26.0. The van der Waals surface area contributed by atoms with Crippen molar-refractivity contribution in [1.82, 2.24) is 10.0 Å². The van der Waals surface area contributed by atoms with E-state index in [0.29, 0.717) is 11.3 Å². The van der Waals surface area contributed by atoms with E-state index in [1.165, 1.54) is 45.5 Å². The SMILES string of the molecule is CNC(=O)c1cc(S(=O)(=O)NC)ccc1NCC1(C)CCC1. The van der Waals surface area contributed by atoms with Gasteiger partial charge in [-0.25, -0.2) is 13.1 Å². The summed E-state index contributed by atoms with van der Waals surface area (Å²) >= 11 is 0. The first-order valence-corrected chi connectivity index (χ1v) is 8.83. The average molecular weight is 325 g/mol. The molecule has 0 aliphatic heterocycles. The van der Waals surface area contributed by atoms with Crippen molar-refractivity contribution in [2.24, 2.45) is 5.41 Å². The van der Waals surface area contributed by atoms with E-state index >= 15 is 0 Å². The predicted molar refractivity (Wildman–Crippen MR) is 86.5 cm³/mol. The molecule has 6 nitrogen and oxygen atoms in total. The van der Waals surface area contributed by atoms with Gasteiger partial charge in [0.1, 0.15) is 0 Å². The Kier molecular flexibility index (Phi) is 4.77. The van der Waals surface area contributed by atoms with Crippen LogP contribution in [0.3, 0.4) is 0 Å². The van der Waals surface area contributed by atoms with Gasteiger partial charge < -0.3 is 10.6 Å². The summed E-state index contributed by atoms with van der Waals surface area (Å²) in [6.07, 6.45) is 3.57. The number of carbonyl (C=O) groups is 1. The Morgan fingerprint density at radius 2 is 1.95 bits per heavy atom. The maximum atomic E-state index is 12.0. The highest BCUT2D eigenvalue weighted by Gasteiger charge is 2.31. The predicted octanol–water partition coefficient (Wildman–Crippen LogP) is 1.56. The van der Waals surface area contributed by atoms with Crippen molar-refractivity contribution < 1.29 is 13.2 Å². The van der Waals surface area contributed by atoms with Crippen LogP contribution in [-0.2, 0) is 10.0 Å². The molecule has 0 atom stereocenters. The first-order chi connectivity index (χ1) is 10.3. The molecule has 1 aliphatic carbocycles. The van der Waals surface area contributed by atoms with Crippen LogP contribution in [0.25, 0.3) is 0 Å². The van der Waals surface area contributed by atoms with Crippen molar-refractivity contribution in [2.75, 3.05) is 26.0 Å². The maximum absolute atomic E-state index is 12.0. The number of benzene rings is 1. The number of hydrogen-bond acceptors (Lipinski definition) is 4. The Morgan fingerprint density at radius 1 is 1.27 bits per heavy atom. The number of carbonyl (C=O) groups excluding carboxylic acids is 1. The highest BCUT2D eigenvalue weighted by Crippen LogP contribution is 2.40. The van der Waals surface area contributed by atoms with E-state index in [-0.39, 0.29) is 16.2 Å². The fraction of sp³-hybridized carbons (Fsp3) is 0.533. The largest absolute Gasteiger partial charge is 0.384 e. The van der Waals surface area contributed by atoms with E-state index in [0.717, 1.165) is 6.54 Å². The summed E-state index contributed by atoms with van der Waals surface area (Å²) in [6.45, 7) is 2.98. The molecule has 122 valence electrons. The Morgan fingerprint density at radius 3 is 2.45 bits per heavy atom. The summed E-state index contributed by atoms with van der Waals surface area (Å²) in [6, 6.07) is 4.55. The second-order valence-corrected chi connectivity index (χ2v) is 7.90. The van der Waals surface area contributed by atoms with Crippen LogP contribution in [-0.4, -0.2) is 35.0 Å². The molecule has 3 N–H and O–H groups in total. The minimum absolute atomic E-state index is 0.0778. The first kappa shape index (κ1) is 16.8. The molecule has 7 heteroatoms. The van der Waals surface area contributed by atoms with Crippen LogP contribution in [0.15, 0.2) is 23.1 Å². The third-order valence-corrected chi connectivity index (χ3v) is 5.72. The molecule has 0 spiro atoms. The van der Waals surface area contributed by atoms with E-state index in [4.69, 9.17) is 0 Å². The van der Waals surface area contributed by atoms with Crippen LogP contribution >= 0.6 is 0 Å². The number of rotatable bonds is 6. The Balaban J connectivity index is 2.30. The van der Waals surface area contributed by atoms with Gasteiger partial charge in [0.25, 0.3) is 5.91 Å². The molecule has 1 saturated carbocycles. The summed E-state index contributed by atoms with van der Waals surface area (Å²) in [4.78, 5) is 12.1. The maximum Gasteiger partial charge on any atom is 0.253 e. The molecular weight excluding hydrogens is 302 g/mol. The number of anilines is 1. The van der Waals surface area contributed by atoms with Crippen molar-refractivity contribution >= 4 is 21.6 Å². The van der Waals surface area contributed by atoms with E-state index in [2.05, 4.69) is 22.3 Å². The lowest BCUT2D eigenvalue weighted by Gasteiger charge is -2.38. The topological polar surface area (TPSA) is 87.3 Å². The van der Waals surface area contributed by atoms with Gasteiger partial charge in [-0.2, -0.15) is 0 Å². The molecule has 0 heterocycles. The van der Waals surface area contributed by atoms with Crippen molar-refractivity contribution in [3.8, 4) is 0 Å². The second-order valence-electron chi connectivity index (χ2n) is 6.01. The van der Waals surface area contributed by atoms with Gasteiger partial charge in [0, 0.05) is 19.3 Å². The summed E-state index contributed by atoms with van der Waals surface area (Å²) in [7, 11) is -0.702. The van der Waals surface area contributed by atoms with Crippen LogP contribution in [0.2, 0.25) is 0 Å². The number of hydrogen-bond donors (Lipinski definition) is 3. The molecule has 2 rings (SSSR count). The molecule has 0 radical (unpaired) electrons. The van der Waals surface area contributed by atoms with Gasteiger partial charge in [0.15, 0.2) is 0 Å². The minimum Gasteiger partial charge on any atom is -0.384 e. The molecule has 1 aliphatic rings. The Labute approximate surface area is 131 Å². The van der Waals surface area contributed by atoms with E-state index in [1.807, 2.05) is 0 Å². The zero-order valence-electron chi connectivity index (χ0n) is 13.2. The Bertz CT molecular complexity index is 667. The average Bonchev–Trinajstić information content (AvgIpc) is 2.50. The summed E-state index contributed by atoms with van der Waals surface area (Å²) in [5.41, 5.74) is 1.25. The lowest BCUT2D eigenvalue weighted by atomic mass is 9.70. The minimum atomic E-state index is -3.57. The molecular formula is C15H23N3O3S. The second kappa shape index (κ2) is 6.26. The van der Waals surface area contributed by atoms with Gasteiger partial charge in [-0.1, -0.05) is 13.3 Å². The normalized spacial score (nSPS) is 16.7. The lowest BCUT2D eigenvalue weighted by Crippen LogP contribution is -2.34. The highest BCUT2D eigenvalue weighted by molar-refractivity contribution is 7.89. The highest BCUT2D eigenvalue weighted by atomic mass is 32.2. The molecule has 0 bridgehead atoms. The van der Waals surface area contributed by atoms with E-state index in [1.54, 1.807) is 6.07 Å². The molecule has 0 saturated heterocycles. The van der Waals surface area contributed by atoms with Gasteiger partial charge in [-0.05, 0) is 43.5 Å². The zero-order chi connectivity index (χ0) is 16.4. The molecule has 22 heavy (non-hydrogen) atoms. The summed E-state index contributed by atoms with van der Waals surface area (Å²) in [5.74, 6) is -0.311. The number of sulfonamides is 1. The van der Waals surface area contributed by atoms with Crippen molar-refractivity contribution in [1.29, 1.82) is 0 Å². The molecule has 1 aromatic rings. The molecule has 1 amide bonds. The fourth-order valence-corrected chi connectivity index (χ4v) is 3.31. The smallest absolute Gasteiger partial charge is 0.253 e. The van der Waals surface area contributed by atoms with Crippen LogP contribution in [0, 0.1) is 5.41 Å². The van der Waals surface area contributed by atoms with Crippen molar-refractivity contribution in [3.63, 3.8) is 0 Å². The van der Waals surface area contributed by atoms with E-state index < -0.39 is 10.0 Å². The molecule has 0 aromatic heterocycles. The molecule has 0 unspecified atom stereocenters. The fourth-order valence-electron chi connectivity index (χ4n) is 2.55. The van der Waals surface area contributed by atoms with Crippen LogP contribution < -0.4 is 15.4 Å². The van der Waals surface area contributed by atoms with Crippen molar-refractivity contribution in [2.45, 2.75) is 31.1 Å². The first-order valence-electron chi connectivity index (χ1n) is 7.35. The molecule has 1 aromatic carbocycles.